The number of ether oxygens (including phenoxy) is 2. The summed E-state index contributed by atoms with van der Waals surface area (Å²) in [5.74, 6) is -0.643. The van der Waals surface area contributed by atoms with Gasteiger partial charge in [0.25, 0.3) is 0 Å². The maximum absolute atomic E-state index is 11.9. The number of para-hydroxylation sites is 1. The van der Waals surface area contributed by atoms with Crippen molar-refractivity contribution in [3.8, 4) is 0 Å². The van der Waals surface area contributed by atoms with Crippen LogP contribution in [0.5, 0.6) is 0 Å². The van der Waals surface area contributed by atoms with Crippen molar-refractivity contribution >= 4 is 34.6 Å². The van der Waals surface area contributed by atoms with Gasteiger partial charge in [-0.2, -0.15) is 9.13 Å². The van der Waals surface area contributed by atoms with Gasteiger partial charge in [-0.3, -0.25) is 4.79 Å². The van der Waals surface area contributed by atoms with E-state index in [1.54, 1.807) is 0 Å². The zero-order chi connectivity index (χ0) is 26.0. The Hall–Kier alpha value is -4.78. The molecule has 0 spiro atoms. The van der Waals surface area contributed by atoms with Crippen molar-refractivity contribution in [3.05, 3.63) is 121 Å². The van der Waals surface area contributed by atoms with Crippen LogP contribution < -0.4 is 9.13 Å². The minimum atomic E-state index is -0.322. The largest absolute Gasteiger partial charge is 0.468 e. The Kier molecular flexibility index (Phi) is 8.39. The second-order valence-corrected chi connectivity index (χ2v) is 8.19. The van der Waals surface area contributed by atoms with E-state index >= 15 is 0 Å². The van der Waals surface area contributed by atoms with Crippen LogP contribution in [0, 0.1) is 0 Å². The summed E-state index contributed by atoms with van der Waals surface area (Å²) in [5.41, 5.74) is 3.62. The van der Waals surface area contributed by atoms with E-state index in [9.17, 15) is 9.59 Å². The van der Waals surface area contributed by atoms with Gasteiger partial charge in [-0.1, -0.05) is 18.2 Å². The fourth-order valence-corrected chi connectivity index (χ4v) is 3.92. The second kappa shape index (κ2) is 12.3. The van der Waals surface area contributed by atoms with Crippen LogP contribution in [0.1, 0.15) is 5.69 Å². The van der Waals surface area contributed by atoms with Crippen LogP contribution in [0.3, 0.4) is 0 Å². The standard InChI is InChI=1S/C30H29N3O4/c1-36-29(34)22-31-19-7-5-12-25(31)15-17-27(33-21-9-11-24-10-3-4-14-28(24)33)18-16-26-13-6-8-20-32(26)23-30(35)37-2/h3-21H,22-23H2,1-2H3/q+2. The van der Waals surface area contributed by atoms with E-state index in [0.717, 1.165) is 28.0 Å². The molecular weight excluding hydrogens is 466 g/mol. The first kappa shape index (κ1) is 25.3. The molecule has 0 saturated heterocycles. The summed E-state index contributed by atoms with van der Waals surface area (Å²) >= 11 is 0. The Bertz CT molecular complexity index is 1440. The van der Waals surface area contributed by atoms with Crippen molar-refractivity contribution in [1.82, 2.24) is 4.90 Å². The Labute approximate surface area is 216 Å². The molecule has 3 heterocycles. The number of hydrogen-bond donors (Lipinski definition) is 0. The highest BCUT2D eigenvalue weighted by molar-refractivity contribution is 5.77. The maximum Gasteiger partial charge on any atom is 0.372 e. The number of nitrogens with zero attached hydrogens (tertiary/aromatic N) is 3. The highest BCUT2D eigenvalue weighted by Gasteiger charge is 2.16. The number of carbonyl (C=O) groups excluding carboxylic acids is 2. The summed E-state index contributed by atoms with van der Waals surface area (Å²) in [6.07, 6.45) is 19.4. The van der Waals surface area contributed by atoms with Gasteiger partial charge in [0.2, 0.25) is 23.5 Å². The third-order valence-electron chi connectivity index (χ3n) is 5.84. The van der Waals surface area contributed by atoms with Crippen LogP contribution in [0.15, 0.2) is 115 Å². The molecule has 0 N–H and O–H groups in total. The third kappa shape index (κ3) is 6.46. The molecule has 0 saturated carbocycles. The van der Waals surface area contributed by atoms with Crippen molar-refractivity contribution in [2.45, 2.75) is 6.54 Å². The summed E-state index contributed by atoms with van der Waals surface area (Å²) < 4.78 is 13.6. The minimum absolute atomic E-state index is 0.112. The van der Waals surface area contributed by atoms with E-state index < -0.39 is 0 Å². The molecule has 1 aliphatic rings. The number of pyridine rings is 2. The molecule has 0 unspecified atom stereocenters. The summed E-state index contributed by atoms with van der Waals surface area (Å²) in [5, 5.41) is 1.10. The zero-order valence-corrected chi connectivity index (χ0v) is 20.9. The normalized spacial score (nSPS) is 14.5. The van der Waals surface area contributed by atoms with Gasteiger partial charge in [-0.25, -0.2) is 4.79 Å². The van der Waals surface area contributed by atoms with Gasteiger partial charge >= 0.3 is 11.9 Å². The number of carbonyl (C=O) groups is 2. The number of esters is 2. The van der Waals surface area contributed by atoms with Gasteiger partial charge < -0.3 is 14.4 Å². The molecule has 0 amide bonds. The van der Waals surface area contributed by atoms with Crippen LogP contribution in [0.25, 0.3) is 22.7 Å². The van der Waals surface area contributed by atoms with Gasteiger partial charge in [0.05, 0.1) is 14.2 Å². The van der Waals surface area contributed by atoms with Crippen molar-refractivity contribution in [2.75, 3.05) is 20.8 Å². The first-order chi connectivity index (χ1) is 18.1. The molecule has 3 aromatic rings. The molecule has 0 bridgehead atoms. The number of methoxy groups -OCH3 is 2. The van der Waals surface area contributed by atoms with Crippen LogP contribution in [0.2, 0.25) is 0 Å². The highest BCUT2D eigenvalue weighted by atomic mass is 16.5. The molecule has 0 fully saturated rings. The summed E-state index contributed by atoms with van der Waals surface area (Å²) in [6.45, 7) is 0.224. The Morgan fingerprint density at radius 2 is 1.70 bits per heavy atom. The maximum atomic E-state index is 11.9. The molecule has 4 rings (SSSR count). The topological polar surface area (TPSA) is 63.6 Å². The molecule has 186 valence electrons. The van der Waals surface area contributed by atoms with E-state index in [4.69, 9.17) is 9.47 Å². The van der Waals surface area contributed by atoms with E-state index in [0.29, 0.717) is 0 Å². The predicted molar refractivity (Wildman–Crippen MR) is 141 cm³/mol. The van der Waals surface area contributed by atoms with E-state index in [1.807, 2.05) is 107 Å². The molecular formula is C30H29N3O4+2. The smallest absolute Gasteiger partial charge is 0.372 e. The van der Waals surface area contributed by atoms with Crippen molar-refractivity contribution < 1.29 is 28.2 Å². The lowest BCUT2D eigenvalue weighted by Gasteiger charge is -2.21. The first-order valence-corrected chi connectivity index (χ1v) is 11.8. The minimum Gasteiger partial charge on any atom is -0.468 e. The molecule has 1 aliphatic heterocycles. The lowest BCUT2D eigenvalue weighted by atomic mass is 10.2. The summed E-state index contributed by atoms with van der Waals surface area (Å²) in [4.78, 5) is 25.6. The number of fused-ring (bicyclic) bond motifs is 1. The lowest BCUT2D eigenvalue weighted by molar-refractivity contribution is -0.687. The fourth-order valence-electron chi connectivity index (χ4n) is 3.92. The van der Waals surface area contributed by atoms with Gasteiger partial charge in [0, 0.05) is 59.8 Å². The molecule has 37 heavy (non-hydrogen) atoms. The number of rotatable bonds is 8. The molecule has 0 aliphatic carbocycles. The zero-order valence-electron chi connectivity index (χ0n) is 20.9. The first-order valence-electron chi connectivity index (χ1n) is 11.8. The summed E-state index contributed by atoms with van der Waals surface area (Å²) in [7, 11) is 2.76. The van der Waals surface area contributed by atoms with E-state index in [2.05, 4.69) is 22.8 Å². The van der Waals surface area contributed by atoms with Crippen LogP contribution in [-0.4, -0.2) is 37.6 Å². The Morgan fingerprint density at radius 1 is 0.919 bits per heavy atom. The monoisotopic (exact) mass is 495 g/mol. The average Bonchev–Trinajstić information content (AvgIpc) is 2.94. The van der Waals surface area contributed by atoms with Crippen molar-refractivity contribution in [2.24, 2.45) is 0 Å². The predicted octanol–water partition coefficient (Wildman–Crippen LogP) is 3.58. The molecule has 2 aromatic heterocycles. The molecule has 1 aromatic carbocycles. The van der Waals surface area contributed by atoms with E-state index in [-0.39, 0.29) is 25.0 Å². The van der Waals surface area contributed by atoms with Crippen molar-refractivity contribution in [1.29, 1.82) is 0 Å². The number of benzene rings is 1. The van der Waals surface area contributed by atoms with Crippen LogP contribution in [0.4, 0.5) is 0 Å². The number of aromatic nitrogens is 2. The molecule has 7 heteroatoms. The summed E-state index contributed by atoms with van der Waals surface area (Å²) in [6, 6.07) is 18.0. The molecule has 0 radical (unpaired) electrons. The molecule has 7 nitrogen and oxygen atoms in total. The Morgan fingerprint density at radius 3 is 2.54 bits per heavy atom. The second-order valence-electron chi connectivity index (χ2n) is 8.19. The quantitative estimate of drug-likeness (QED) is 0.272. The number of allylic oxidation sites excluding steroid dienone is 7. The van der Waals surface area contributed by atoms with Crippen LogP contribution in [-0.2, 0) is 25.6 Å². The van der Waals surface area contributed by atoms with Crippen LogP contribution >= 0.6 is 0 Å². The van der Waals surface area contributed by atoms with Gasteiger partial charge in [0.1, 0.15) is 6.54 Å². The van der Waals surface area contributed by atoms with Gasteiger partial charge in [-0.05, 0) is 36.4 Å². The highest BCUT2D eigenvalue weighted by Crippen LogP contribution is 2.16. The SMILES string of the molecule is COC(=O)CN1C=CC=CC1=CC=C(C=Cc1cccc[n+]1CC(=O)OC)[n+]1cccc2ccccc21. The van der Waals surface area contributed by atoms with Gasteiger partial charge in [0.15, 0.2) is 12.4 Å². The molecule has 0 atom stereocenters. The third-order valence-corrected chi connectivity index (χ3v) is 5.84. The Balaban J connectivity index is 1.78. The van der Waals surface area contributed by atoms with Gasteiger partial charge in [-0.15, -0.1) is 0 Å². The van der Waals surface area contributed by atoms with E-state index in [1.165, 1.54) is 14.2 Å². The number of hydrogen-bond acceptors (Lipinski definition) is 5. The fraction of sp³-hybridized carbons (Fsp3) is 0.133. The lowest BCUT2D eigenvalue weighted by Crippen LogP contribution is -2.40. The van der Waals surface area contributed by atoms with Crippen molar-refractivity contribution in [3.63, 3.8) is 0 Å². The average molecular weight is 496 g/mol.